The Morgan fingerprint density at radius 3 is 2.21 bits per heavy atom. The summed E-state index contributed by atoms with van der Waals surface area (Å²) in [7, 11) is -2.23. The van der Waals surface area contributed by atoms with Gasteiger partial charge < -0.3 is 9.67 Å². The lowest BCUT2D eigenvalue weighted by atomic mass is 9.66. The van der Waals surface area contributed by atoms with E-state index in [2.05, 4.69) is 33.9 Å². The quantitative estimate of drug-likeness (QED) is 0.648. The summed E-state index contributed by atoms with van der Waals surface area (Å²) >= 11 is 0. The number of rotatable bonds is 5. The molecule has 0 aliphatic carbocycles. The number of amides is 1. The van der Waals surface area contributed by atoms with E-state index in [0.717, 1.165) is 5.56 Å². The number of carbonyl (C=O) groups is 2. The predicted octanol–water partition coefficient (Wildman–Crippen LogP) is 3.93. The summed E-state index contributed by atoms with van der Waals surface area (Å²) in [6.45, 7) is 12.4. The highest BCUT2D eigenvalue weighted by atomic mass is 28.3. The molecule has 1 aliphatic heterocycles. The molecule has 2 rings (SSSR count). The topological polar surface area (TPSA) is 57.6 Å². The zero-order chi connectivity index (χ0) is 18.3. The summed E-state index contributed by atoms with van der Waals surface area (Å²) in [4.78, 5) is 25.3. The fourth-order valence-electron chi connectivity index (χ4n) is 3.54. The average Bonchev–Trinajstić information content (AvgIpc) is 2.48. The Bertz CT molecular complexity index is 636. The maximum absolute atomic E-state index is 13.2. The van der Waals surface area contributed by atoms with Crippen molar-refractivity contribution in [3.63, 3.8) is 0 Å². The number of carboxylic acid groups (broad SMARTS) is 1. The lowest BCUT2D eigenvalue weighted by molar-refractivity contribution is -0.176. The molecule has 132 valence electrons. The zero-order valence-corrected chi connectivity index (χ0v) is 16.6. The third-order valence-corrected chi connectivity index (χ3v) is 11.4. The first kappa shape index (κ1) is 18.7. The Labute approximate surface area is 146 Å². The van der Waals surface area contributed by atoms with E-state index in [0.29, 0.717) is 12.8 Å². The second kappa shape index (κ2) is 6.03. The van der Waals surface area contributed by atoms with Crippen LogP contribution in [0.5, 0.6) is 0 Å². The van der Waals surface area contributed by atoms with Gasteiger partial charge >= 0.3 is 5.97 Å². The second-order valence-electron chi connectivity index (χ2n) is 8.40. The minimum absolute atomic E-state index is 0.0212. The van der Waals surface area contributed by atoms with Gasteiger partial charge in [-0.05, 0) is 23.4 Å². The van der Waals surface area contributed by atoms with Gasteiger partial charge in [0.1, 0.15) is 6.04 Å². The Morgan fingerprint density at radius 1 is 1.25 bits per heavy atom. The van der Waals surface area contributed by atoms with Gasteiger partial charge in [-0.25, -0.2) is 4.79 Å². The molecule has 1 aromatic rings. The van der Waals surface area contributed by atoms with Crippen LogP contribution in [0.15, 0.2) is 30.3 Å². The van der Waals surface area contributed by atoms with E-state index in [1.165, 1.54) is 0 Å². The van der Waals surface area contributed by atoms with Gasteiger partial charge in [0.05, 0.1) is 5.41 Å². The third kappa shape index (κ3) is 2.69. The number of carbonyl (C=O) groups excluding carboxylic acids is 1. The number of aliphatic carboxylic acids is 1. The number of benzene rings is 1. The molecule has 0 radical (unpaired) electrons. The highest BCUT2D eigenvalue weighted by molar-refractivity contribution is 6.80. The van der Waals surface area contributed by atoms with Gasteiger partial charge in [-0.1, -0.05) is 71.1 Å². The molecule has 0 saturated carbocycles. The molecule has 0 aromatic heterocycles. The Balaban J connectivity index is 2.44. The van der Waals surface area contributed by atoms with Gasteiger partial charge in [-0.3, -0.25) is 4.79 Å². The monoisotopic (exact) mass is 347 g/mol. The predicted molar refractivity (Wildman–Crippen MR) is 98.3 cm³/mol. The van der Waals surface area contributed by atoms with E-state index >= 15 is 0 Å². The molecule has 4 nitrogen and oxygen atoms in total. The number of nitrogens with zero attached hydrogens (tertiary/aromatic N) is 1. The van der Waals surface area contributed by atoms with Crippen LogP contribution in [0.3, 0.4) is 0 Å². The average molecular weight is 348 g/mol. The van der Waals surface area contributed by atoms with Gasteiger partial charge in [0, 0.05) is 0 Å². The van der Waals surface area contributed by atoms with E-state index < -0.39 is 25.7 Å². The molecule has 0 unspecified atom stereocenters. The van der Waals surface area contributed by atoms with Gasteiger partial charge in [0.25, 0.3) is 0 Å². The van der Waals surface area contributed by atoms with Gasteiger partial charge in [0.15, 0.2) is 8.24 Å². The summed E-state index contributed by atoms with van der Waals surface area (Å²) in [6.07, 6.45) is 1.04. The summed E-state index contributed by atoms with van der Waals surface area (Å²) in [5.74, 6) is -0.856. The molecule has 1 heterocycles. The number of hydrogen-bond acceptors (Lipinski definition) is 2. The van der Waals surface area contributed by atoms with Crippen LogP contribution >= 0.6 is 0 Å². The van der Waals surface area contributed by atoms with Crippen LogP contribution in [0.1, 0.15) is 39.7 Å². The van der Waals surface area contributed by atoms with E-state index in [4.69, 9.17) is 0 Å². The van der Waals surface area contributed by atoms with Crippen molar-refractivity contribution in [2.75, 3.05) is 0 Å². The van der Waals surface area contributed by atoms with Crippen molar-refractivity contribution in [1.29, 1.82) is 0 Å². The first-order valence-corrected chi connectivity index (χ1v) is 11.5. The number of hydrogen-bond donors (Lipinski definition) is 1. The molecule has 1 N–H and O–H groups in total. The lowest BCUT2D eigenvalue weighted by Crippen LogP contribution is -2.80. The summed E-state index contributed by atoms with van der Waals surface area (Å²) in [5, 5.41) is 9.84. The van der Waals surface area contributed by atoms with E-state index in [-0.39, 0.29) is 10.9 Å². The fraction of sp³-hybridized carbons (Fsp3) is 0.579. The molecule has 1 fully saturated rings. The van der Waals surface area contributed by atoms with Crippen molar-refractivity contribution < 1.29 is 14.7 Å². The zero-order valence-electron chi connectivity index (χ0n) is 15.6. The van der Waals surface area contributed by atoms with Crippen LogP contribution in [0.4, 0.5) is 0 Å². The largest absolute Gasteiger partial charge is 0.480 e. The van der Waals surface area contributed by atoms with E-state index in [1.807, 2.05) is 37.3 Å². The van der Waals surface area contributed by atoms with Crippen molar-refractivity contribution in [3.05, 3.63) is 35.9 Å². The highest BCUT2D eigenvalue weighted by Gasteiger charge is 2.67. The molecule has 0 bridgehead atoms. The third-order valence-electron chi connectivity index (χ3n) is 6.09. The molecule has 2 atom stereocenters. The SMILES string of the molecule is CC[C@@]1(Cc2ccccc2)C(=O)N([Si](C)(C)C(C)(C)C)[C@H]1C(=O)O. The number of carboxylic acids is 1. The minimum atomic E-state index is -2.23. The molecule has 5 heteroatoms. The van der Waals surface area contributed by atoms with Crippen LogP contribution in [-0.2, 0) is 16.0 Å². The first-order chi connectivity index (χ1) is 11.0. The first-order valence-electron chi connectivity index (χ1n) is 8.59. The van der Waals surface area contributed by atoms with Crippen LogP contribution in [0.25, 0.3) is 0 Å². The summed E-state index contributed by atoms with van der Waals surface area (Å²) < 4.78 is 1.74. The van der Waals surface area contributed by atoms with Gasteiger partial charge in [0.2, 0.25) is 5.91 Å². The van der Waals surface area contributed by atoms with Gasteiger partial charge in [-0.2, -0.15) is 0 Å². The Kier molecular flexibility index (Phi) is 4.70. The molecule has 1 aliphatic rings. The molecule has 24 heavy (non-hydrogen) atoms. The molecular formula is C19H29NO3Si. The number of β-lactam (4-membered cyclic amide) rings is 1. The maximum atomic E-state index is 13.2. The van der Waals surface area contributed by atoms with Crippen molar-refractivity contribution >= 4 is 20.1 Å². The highest BCUT2D eigenvalue weighted by Crippen LogP contribution is 2.52. The van der Waals surface area contributed by atoms with Crippen LogP contribution in [-0.4, -0.2) is 35.8 Å². The standard InChI is InChI=1S/C19H29NO3Si/c1-7-19(13-14-11-9-8-10-12-14)15(16(21)22)20(17(19)23)24(5,6)18(2,3)4/h8-12,15H,7,13H2,1-6H3,(H,21,22)/t15-,19-/m0/s1. The van der Waals surface area contributed by atoms with Crippen molar-refractivity contribution in [2.24, 2.45) is 5.41 Å². The normalized spacial score (nSPS) is 24.7. The van der Waals surface area contributed by atoms with Crippen LogP contribution in [0, 0.1) is 5.41 Å². The minimum Gasteiger partial charge on any atom is -0.480 e. The van der Waals surface area contributed by atoms with Crippen molar-refractivity contribution in [1.82, 2.24) is 4.57 Å². The second-order valence-corrected chi connectivity index (χ2v) is 13.5. The molecule has 1 saturated heterocycles. The Morgan fingerprint density at radius 2 is 1.79 bits per heavy atom. The molecule has 1 aromatic carbocycles. The van der Waals surface area contributed by atoms with Crippen LogP contribution in [0.2, 0.25) is 18.1 Å². The molecule has 0 spiro atoms. The van der Waals surface area contributed by atoms with E-state index in [9.17, 15) is 14.7 Å². The maximum Gasteiger partial charge on any atom is 0.326 e. The summed E-state index contributed by atoms with van der Waals surface area (Å²) in [5.41, 5.74) is 0.205. The van der Waals surface area contributed by atoms with Crippen molar-refractivity contribution in [3.8, 4) is 0 Å². The van der Waals surface area contributed by atoms with Crippen molar-refractivity contribution in [2.45, 2.75) is 64.7 Å². The molecular weight excluding hydrogens is 318 g/mol. The smallest absolute Gasteiger partial charge is 0.326 e. The molecule has 1 amide bonds. The lowest BCUT2D eigenvalue weighted by Gasteiger charge is -2.62. The van der Waals surface area contributed by atoms with Crippen LogP contribution < -0.4 is 0 Å². The van der Waals surface area contributed by atoms with Gasteiger partial charge in [-0.15, -0.1) is 0 Å². The fourth-order valence-corrected chi connectivity index (χ4v) is 6.00. The Hall–Kier alpha value is -1.62. The summed E-state index contributed by atoms with van der Waals surface area (Å²) in [6, 6.07) is 9.02. The van der Waals surface area contributed by atoms with E-state index in [1.54, 1.807) is 4.57 Å².